The smallest absolute Gasteiger partial charge is 0.165 e. The first kappa shape index (κ1) is 13.2. The fourth-order valence-electron chi connectivity index (χ4n) is 5.10. The Labute approximate surface area is 131 Å². The number of hydrogen-bond donors (Lipinski definition) is 0. The van der Waals surface area contributed by atoms with E-state index in [4.69, 9.17) is 16.3 Å². The molecule has 4 bridgehead atoms. The number of halogens is 2. The van der Waals surface area contributed by atoms with Crippen molar-refractivity contribution in [1.82, 2.24) is 19.5 Å². The van der Waals surface area contributed by atoms with Gasteiger partial charge in [0.25, 0.3) is 0 Å². The molecule has 7 heteroatoms. The van der Waals surface area contributed by atoms with Gasteiger partial charge >= 0.3 is 0 Å². The summed E-state index contributed by atoms with van der Waals surface area (Å²) >= 11 is 6.10. The Morgan fingerprint density at radius 1 is 1.23 bits per heavy atom. The molecule has 0 N–H and O–H groups in total. The number of imidazole rings is 1. The van der Waals surface area contributed by atoms with Gasteiger partial charge < -0.3 is 9.30 Å². The van der Waals surface area contributed by atoms with Crippen molar-refractivity contribution in [3.8, 4) is 0 Å². The summed E-state index contributed by atoms with van der Waals surface area (Å²) in [5.74, 6) is 1.24. The summed E-state index contributed by atoms with van der Waals surface area (Å²) < 4.78 is 21.8. The summed E-state index contributed by atoms with van der Waals surface area (Å²) in [7, 11) is 0. The quantitative estimate of drug-likeness (QED) is 0.798. The van der Waals surface area contributed by atoms with E-state index in [1.807, 2.05) is 0 Å². The van der Waals surface area contributed by atoms with Crippen molar-refractivity contribution < 1.29 is 9.13 Å². The number of hydrogen-bond acceptors (Lipinski definition) is 4. The maximum Gasteiger partial charge on any atom is 0.165 e. The number of alkyl halides is 1. The topological polar surface area (TPSA) is 52.8 Å². The van der Waals surface area contributed by atoms with E-state index in [2.05, 4.69) is 19.5 Å². The van der Waals surface area contributed by atoms with Gasteiger partial charge in [-0.1, -0.05) is 11.6 Å². The van der Waals surface area contributed by atoms with Crippen LogP contribution in [0.15, 0.2) is 12.7 Å². The van der Waals surface area contributed by atoms with Gasteiger partial charge in [-0.3, -0.25) is 4.39 Å². The first-order chi connectivity index (χ1) is 10.8. The summed E-state index contributed by atoms with van der Waals surface area (Å²) in [6.07, 6.45) is 5.57. The third-order valence-corrected chi connectivity index (χ3v) is 6.25. The fourth-order valence-corrected chi connectivity index (χ4v) is 5.28. The number of ether oxygens (including phenoxy) is 1. The average molecular weight is 323 g/mol. The fraction of sp³-hybridized carbons (Fsp3) is 0.667. The van der Waals surface area contributed by atoms with Crippen LogP contribution in [0.1, 0.15) is 18.9 Å². The van der Waals surface area contributed by atoms with Crippen molar-refractivity contribution in [1.29, 1.82) is 0 Å². The lowest BCUT2D eigenvalue weighted by Crippen LogP contribution is -2.51. The highest BCUT2D eigenvalue weighted by Gasteiger charge is 2.59. The van der Waals surface area contributed by atoms with Crippen LogP contribution in [0.25, 0.3) is 11.2 Å². The van der Waals surface area contributed by atoms with Crippen LogP contribution < -0.4 is 0 Å². The molecule has 4 fully saturated rings. The number of nitrogens with zero attached hydrogens (tertiary/aromatic N) is 4. The van der Waals surface area contributed by atoms with Crippen molar-refractivity contribution in [3.63, 3.8) is 0 Å². The van der Waals surface area contributed by atoms with E-state index in [0.29, 0.717) is 35.0 Å². The Morgan fingerprint density at radius 2 is 2.09 bits per heavy atom. The van der Waals surface area contributed by atoms with Gasteiger partial charge in [0.05, 0.1) is 31.8 Å². The standard InChI is InChI=1S/C15H16ClFN4O/c16-14-11-15(19-5-18-14)21(6-20-11)12-7-1-2-8-10(9(7)3-17)4-22-13(8)12/h5-10,12-13H,1-4H2. The minimum Gasteiger partial charge on any atom is -0.375 e. The molecule has 6 atom stereocenters. The van der Waals surface area contributed by atoms with Crippen LogP contribution in [0.2, 0.25) is 5.15 Å². The highest BCUT2D eigenvalue weighted by Crippen LogP contribution is 2.58. The third-order valence-electron chi connectivity index (χ3n) is 5.98. The zero-order chi connectivity index (χ0) is 14.8. The Bertz CT molecular complexity index is 737. The minimum absolute atomic E-state index is 0.0947. The molecular weight excluding hydrogens is 307 g/mol. The van der Waals surface area contributed by atoms with E-state index < -0.39 is 0 Å². The second-order valence-corrected chi connectivity index (χ2v) is 7.02. The molecule has 0 radical (unpaired) electrons. The van der Waals surface area contributed by atoms with Crippen LogP contribution in [-0.4, -0.2) is 38.9 Å². The molecule has 0 aromatic carbocycles. The highest BCUT2D eigenvalue weighted by atomic mass is 35.5. The van der Waals surface area contributed by atoms with Crippen molar-refractivity contribution >= 4 is 22.8 Å². The van der Waals surface area contributed by atoms with Crippen LogP contribution in [0.4, 0.5) is 4.39 Å². The Hall–Kier alpha value is -1.27. The van der Waals surface area contributed by atoms with Crippen LogP contribution in [0.3, 0.4) is 0 Å². The van der Waals surface area contributed by atoms with E-state index in [1.165, 1.54) is 6.33 Å². The monoisotopic (exact) mass is 322 g/mol. The van der Waals surface area contributed by atoms with Gasteiger partial charge in [-0.25, -0.2) is 15.0 Å². The van der Waals surface area contributed by atoms with E-state index in [1.54, 1.807) is 6.33 Å². The van der Waals surface area contributed by atoms with Crippen LogP contribution in [0, 0.1) is 23.7 Å². The van der Waals surface area contributed by atoms with Crippen LogP contribution >= 0.6 is 11.6 Å². The molecule has 2 aromatic rings. The summed E-state index contributed by atoms with van der Waals surface area (Å²) in [4.78, 5) is 12.7. The molecule has 4 aliphatic rings. The first-order valence-electron chi connectivity index (χ1n) is 7.80. The predicted molar refractivity (Wildman–Crippen MR) is 78.3 cm³/mol. The predicted octanol–water partition coefficient (Wildman–Crippen LogP) is 2.66. The summed E-state index contributed by atoms with van der Waals surface area (Å²) in [5.41, 5.74) is 1.33. The number of aromatic nitrogens is 4. The molecule has 6 unspecified atom stereocenters. The molecule has 0 amide bonds. The van der Waals surface area contributed by atoms with Crippen LogP contribution in [0.5, 0.6) is 0 Å². The van der Waals surface area contributed by atoms with Gasteiger partial charge in [-0.05, 0) is 36.5 Å². The molecule has 0 spiro atoms. The van der Waals surface area contributed by atoms with E-state index in [-0.39, 0.29) is 24.7 Å². The molecule has 1 aliphatic heterocycles. The second kappa shape index (κ2) is 4.61. The zero-order valence-corrected chi connectivity index (χ0v) is 12.7. The minimum atomic E-state index is -0.263. The number of fused-ring (bicyclic) bond motifs is 2. The molecule has 3 aliphatic carbocycles. The van der Waals surface area contributed by atoms with Gasteiger partial charge in [-0.2, -0.15) is 0 Å². The Morgan fingerprint density at radius 3 is 2.95 bits per heavy atom. The van der Waals surface area contributed by atoms with Gasteiger partial charge in [0.1, 0.15) is 11.8 Å². The molecule has 5 nitrogen and oxygen atoms in total. The van der Waals surface area contributed by atoms with E-state index in [0.717, 1.165) is 18.5 Å². The molecule has 116 valence electrons. The molecule has 3 saturated carbocycles. The van der Waals surface area contributed by atoms with Crippen LogP contribution in [-0.2, 0) is 4.74 Å². The van der Waals surface area contributed by atoms with Gasteiger partial charge in [0.2, 0.25) is 0 Å². The van der Waals surface area contributed by atoms with Crippen molar-refractivity contribution in [2.24, 2.45) is 23.7 Å². The van der Waals surface area contributed by atoms with Crippen molar-refractivity contribution in [2.75, 3.05) is 13.3 Å². The largest absolute Gasteiger partial charge is 0.375 e. The Balaban J connectivity index is 1.66. The molecule has 2 aromatic heterocycles. The van der Waals surface area contributed by atoms with Crippen molar-refractivity contribution in [2.45, 2.75) is 25.0 Å². The molecular formula is C15H16ClFN4O. The zero-order valence-electron chi connectivity index (χ0n) is 11.9. The Kier molecular flexibility index (Phi) is 2.77. The van der Waals surface area contributed by atoms with E-state index in [9.17, 15) is 4.39 Å². The number of rotatable bonds is 2. The second-order valence-electron chi connectivity index (χ2n) is 6.66. The van der Waals surface area contributed by atoms with Crippen molar-refractivity contribution in [3.05, 3.63) is 17.8 Å². The summed E-state index contributed by atoms with van der Waals surface area (Å²) in [5, 5.41) is 0.358. The normalized spacial score (nSPS) is 39.7. The highest BCUT2D eigenvalue weighted by molar-refractivity contribution is 6.33. The molecule has 3 heterocycles. The first-order valence-corrected chi connectivity index (χ1v) is 8.18. The van der Waals surface area contributed by atoms with Gasteiger partial charge in [0, 0.05) is 0 Å². The third kappa shape index (κ3) is 1.55. The van der Waals surface area contributed by atoms with Gasteiger partial charge in [-0.15, -0.1) is 0 Å². The van der Waals surface area contributed by atoms with E-state index >= 15 is 0 Å². The SMILES string of the molecule is FCC1C2COC3C2CCC1C3n1cnc2c(Cl)ncnc21. The van der Waals surface area contributed by atoms with Gasteiger partial charge in [0.15, 0.2) is 10.8 Å². The lowest BCUT2D eigenvalue weighted by atomic mass is 9.57. The maximum atomic E-state index is 13.7. The summed E-state index contributed by atoms with van der Waals surface area (Å²) in [6.45, 7) is 0.431. The average Bonchev–Trinajstić information content (AvgIpc) is 3.13. The molecule has 1 saturated heterocycles. The lowest BCUT2D eigenvalue weighted by molar-refractivity contribution is -0.0508. The lowest BCUT2D eigenvalue weighted by Gasteiger charge is -2.50. The summed E-state index contributed by atoms with van der Waals surface area (Å²) in [6, 6.07) is 0.106. The maximum absolute atomic E-state index is 13.7. The molecule has 22 heavy (non-hydrogen) atoms. The molecule has 6 rings (SSSR count).